The van der Waals surface area contributed by atoms with E-state index in [1.165, 1.54) is 0 Å². The first-order chi connectivity index (χ1) is 14.3. The Bertz CT molecular complexity index is 1010. The van der Waals surface area contributed by atoms with Gasteiger partial charge in [0.2, 0.25) is 5.88 Å². The first kappa shape index (κ1) is 23.1. The Balaban J connectivity index is 2.07. The summed E-state index contributed by atoms with van der Waals surface area (Å²) in [5.74, 6) is -3.89. The van der Waals surface area contributed by atoms with Gasteiger partial charge >= 0.3 is 6.18 Å². The third-order valence-corrected chi connectivity index (χ3v) is 5.56. The Kier molecular flexibility index (Phi) is 6.11. The van der Waals surface area contributed by atoms with Crippen molar-refractivity contribution in [2.24, 2.45) is 0 Å². The minimum Gasteiger partial charge on any atom is -0.543 e. The predicted octanol–water partition coefficient (Wildman–Crippen LogP) is 3.87. The molecule has 1 aromatic heterocycles. The maximum absolute atomic E-state index is 14.4. The zero-order chi connectivity index (χ0) is 23.1. The fourth-order valence-electron chi connectivity index (χ4n) is 3.38. The summed E-state index contributed by atoms with van der Waals surface area (Å²) < 4.78 is 79.4. The number of ether oxygens (including phenoxy) is 1. The maximum Gasteiger partial charge on any atom is 0.417 e. The summed E-state index contributed by atoms with van der Waals surface area (Å²) in [6.07, 6.45) is -8.54. The van der Waals surface area contributed by atoms with Crippen molar-refractivity contribution in [3.8, 4) is 17.0 Å². The minimum atomic E-state index is -4.72. The topological polar surface area (TPSA) is 71.5 Å². The molecule has 0 saturated heterocycles. The summed E-state index contributed by atoms with van der Waals surface area (Å²) in [4.78, 5) is 15.2. The van der Waals surface area contributed by atoms with Gasteiger partial charge in [-0.05, 0) is 56.2 Å². The highest BCUT2D eigenvalue weighted by molar-refractivity contribution is 6.69. The average Bonchev–Trinajstić information content (AvgIpc) is 2.63. The summed E-state index contributed by atoms with van der Waals surface area (Å²) in [5.41, 5.74) is -0.515. The molecule has 0 amide bonds. The lowest BCUT2D eigenvalue weighted by Gasteiger charge is -2.36. The monoisotopic (exact) mass is 460 g/mol. The summed E-state index contributed by atoms with van der Waals surface area (Å²) in [7, 11) is -2.62. The van der Waals surface area contributed by atoms with E-state index in [9.17, 15) is 31.9 Å². The molecule has 2 aromatic rings. The van der Waals surface area contributed by atoms with Crippen LogP contribution in [-0.4, -0.2) is 37.7 Å². The number of aromatic carboxylic acids is 1. The van der Waals surface area contributed by atoms with Crippen LogP contribution in [-0.2, 0) is 10.8 Å². The molecule has 0 bridgehead atoms. The molecule has 0 spiro atoms. The zero-order valence-corrected chi connectivity index (χ0v) is 17.8. The fraction of sp³-hybridized carbons (Fsp3) is 0.400. The summed E-state index contributed by atoms with van der Waals surface area (Å²) in [6.45, 7) is 4.80. The number of benzene rings is 1. The Morgan fingerprint density at radius 1 is 1.23 bits per heavy atom. The summed E-state index contributed by atoms with van der Waals surface area (Å²) >= 11 is 0. The second kappa shape index (κ2) is 8.19. The van der Waals surface area contributed by atoms with E-state index in [1.807, 2.05) is 0 Å². The van der Waals surface area contributed by atoms with Crippen molar-refractivity contribution in [1.82, 2.24) is 4.98 Å². The van der Waals surface area contributed by atoms with Crippen molar-refractivity contribution in [3.63, 3.8) is 0 Å². The van der Waals surface area contributed by atoms with Crippen molar-refractivity contribution >= 4 is 14.3 Å². The number of hydrogen-bond donors (Lipinski definition) is 0. The molecule has 1 aliphatic heterocycles. The van der Waals surface area contributed by atoms with Gasteiger partial charge in [0, 0.05) is 17.2 Å². The number of nitrogens with zero attached hydrogens (tertiary/aromatic N) is 1. The Morgan fingerprint density at radius 2 is 1.90 bits per heavy atom. The third-order valence-electron chi connectivity index (χ3n) is 4.60. The smallest absolute Gasteiger partial charge is 0.417 e. The molecule has 2 heterocycles. The van der Waals surface area contributed by atoms with Gasteiger partial charge in [0.25, 0.3) is 0 Å². The maximum atomic E-state index is 14.4. The van der Waals surface area contributed by atoms with Gasteiger partial charge < -0.3 is 19.1 Å². The van der Waals surface area contributed by atoms with E-state index in [0.29, 0.717) is 6.07 Å². The van der Waals surface area contributed by atoms with Gasteiger partial charge in [-0.25, -0.2) is 13.8 Å². The Labute approximate surface area is 176 Å². The normalized spacial score (nSPS) is 17.6. The van der Waals surface area contributed by atoms with Crippen LogP contribution < -0.4 is 9.84 Å². The molecule has 0 saturated carbocycles. The lowest BCUT2D eigenvalue weighted by atomic mass is 9.92. The van der Waals surface area contributed by atoms with Gasteiger partial charge in [0.05, 0.1) is 11.7 Å². The van der Waals surface area contributed by atoms with Gasteiger partial charge in [0.15, 0.2) is 14.4 Å². The number of fused-ring (bicyclic) bond motifs is 1. The SMILES string of the molecule is C[Si](C)(C)OC(C1CCc2c(-c3ccc(F)cc3F)cc(C(=O)[O-])nc2O1)C(F)(F)F. The molecule has 3 rings (SSSR count). The molecule has 0 radical (unpaired) electrons. The van der Waals surface area contributed by atoms with Crippen molar-refractivity contribution in [3.05, 3.63) is 47.2 Å². The predicted molar refractivity (Wildman–Crippen MR) is 101 cm³/mol. The first-order valence-corrected chi connectivity index (χ1v) is 12.8. The van der Waals surface area contributed by atoms with Gasteiger partial charge in [0.1, 0.15) is 17.7 Å². The molecule has 0 aliphatic carbocycles. The highest BCUT2D eigenvalue weighted by atomic mass is 28.4. The molecule has 168 valence electrons. The number of carboxylic acids is 1. The largest absolute Gasteiger partial charge is 0.543 e. The molecule has 2 unspecified atom stereocenters. The lowest BCUT2D eigenvalue weighted by Crippen LogP contribution is -2.51. The van der Waals surface area contributed by atoms with Crippen LogP contribution in [0.5, 0.6) is 5.88 Å². The van der Waals surface area contributed by atoms with E-state index in [0.717, 1.165) is 18.2 Å². The molecule has 2 atom stereocenters. The number of alkyl halides is 3. The molecular weight excluding hydrogens is 441 g/mol. The summed E-state index contributed by atoms with van der Waals surface area (Å²) in [6, 6.07) is 3.75. The average molecular weight is 460 g/mol. The van der Waals surface area contributed by atoms with E-state index in [4.69, 9.17) is 9.16 Å². The van der Waals surface area contributed by atoms with Crippen molar-refractivity contribution < 1.29 is 41.0 Å². The molecular formula is C20H19F5NO4Si-. The van der Waals surface area contributed by atoms with Gasteiger partial charge in [-0.1, -0.05) is 0 Å². The molecule has 0 fully saturated rings. The number of halogens is 5. The quantitative estimate of drug-likeness (QED) is 0.501. The molecule has 31 heavy (non-hydrogen) atoms. The van der Waals surface area contributed by atoms with Crippen molar-refractivity contribution in [2.45, 2.75) is 50.9 Å². The second-order valence-electron chi connectivity index (χ2n) is 8.14. The summed E-state index contributed by atoms with van der Waals surface area (Å²) in [5, 5.41) is 11.4. The highest BCUT2D eigenvalue weighted by Crippen LogP contribution is 2.40. The Morgan fingerprint density at radius 3 is 2.45 bits per heavy atom. The number of carbonyl (C=O) groups excluding carboxylic acids is 1. The second-order valence-corrected chi connectivity index (χ2v) is 12.6. The van der Waals surface area contributed by atoms with Gasteiger partial charge in [-0.15, -0.1) is 0 Å². The van der Waals surface area contributed by atoms with E-state index in [2.05, 4.69) is 4.98 Å². The zero-order valence-electron chi connectivity index (χ0n) is 16.8. The number of aromatic nitrogens is 1. The number of hydrogen-bond acceptors (Lipinski definition) is 5. The first-order valence-electron chi connectivity index (χ1n) is 9.38. The number of carboxylic acid groups (broad SMARTS) is 1. The van der Waals surface area contributed by atoms with Crippen LogP contribution in [0.15, 0.2) is 24.3 Å². The van der Waals surface area contributed by atoms with E-state index in [1.54, 1.807) is 19.6 Å². The van der Waals surface area contributed by atoms with Gasteiger partial charge in [-0.3, -0.25) is 0 Å². The van der Waals surface area contributed by atoms with Crippen LogP contribution in [0.3, 0.4) is 0 Å². The van der Waals surface area contributed by atoms with Crippen LogP contribution >= 0.6 is 0 Å². The van der Waals surface area contributed by atoms with Crippen LogP contribution in [0, 0.1) is 11.6 Å². The van der Waals surface area contributed by atoms with Crippen LogP contribution in [0.25, 0.3) is 11.1 Å². The van der Waals surface area contributed by atoms with Crippen molar-refractivity contribution in [1.29, 1.82) is 0 Å². The standard InChI is InChI=1S/C20H20F5NO4Si/c1-31(2,3)30-17(20(23,24)25)16-7-6-12-13(11-5-4-10(21)8-14(11)22)9-15(19(27)28)26-18(12)29-16/h4-5,8-9,16-17H,6-7H2,1-3H3,(H,27,28)/p-1. The van der Waals surface area contributed by atoms with Crippen LogP contribution in [0.2, 0.25) is 19.6 Å². The van der Waals surface area contributed by atoms with Crippen LogP contribution in [0.4, 0.5) is 22.0 Å². The Hall–Kier alpha value is -2.53. The number of carbonyl (C=O) groups is 1. The lowest BCUT2D eigenvalue weighted by molar-refractivity contribution is -0.255. The fourth-order valence-corrected chi connectivity index (χ4v) is 4.42. The molecule has 5 nitrogen and oxygen atoms in total. The third kappa shape index (κ3) is 5.21. The van der Waals surface area contributed by atoms with Gasteiger partial charge in [-0.2, -0.15) is 13.2 Å². The minimum absolute atomic E-state index is 0.00584. The van der Waals surface area contributed by atoms with E-state index >= 15 is 0 Å². The number of pyridine rings is 1. The molecule has 1 aliphatic rings. The number of rotatable bonds is 5. The highest BCUT2D eigenvalue weighted by Gasteiger charge is 2.50. The van der Waals surface area contributed by atoms with Crippen LogP contribution in [0.1, 0.15) is 22.5 Å². The van der Waals surface area contributed by atoms with E-state index < -0.39 is 50.0 Å². The molecule has 1 aromatic carbocycles. The van der Waals surface area contributed by atoms with E-state index in [-0.39, 0.29) is 35.4 Å². The molecule has 11 heteroatoms. The molecule has 0 N–H and O–H groups in total. The van der Waals surface area contributed by atoms with Crippen molar-refractivity contribution in [2.75, 3.05) is 0 Å².